The average molecular weight is 273 g/mol. The van der Waals surface area contributed by atoms with Crippen molar-refractivity contribution >= 4 is 0 Å². The Morgan fingerprint density at radius 2 is 2.00 bits per heavy atom. The zero-order chi connectivity index (χ0) is 14.8. The second kappa shape index (κ2) is 6.30. The molecule has 0 bridgehead atoms. The third-order valence-corrected chi connectivity index (χ3v) is 5.39. The van der Waals surface area contributed by atoms with Crippen LogP contribution in [0.1, 0.15) is 56.2 Å². The minimum absolute atomic E-state index is 0.476. The first-order chi connectivity index (χ1) is 9.44. The molecule has 1 aromatic carbocycles. The molecule has 1 aliphatic carbocycles. The number of benzene rings is 1. The van der Waals surface area contributed by atoms with Crippen LogP contribution in [0, 0.1) is 25.2 Å². The Labute approximate surface area is 125 Å². The predicted molar refractivity (Wildman–Crippen MR) is 88.2 cm³/mol. The Bertz CT molecular complexity index is 447. The fraction of sp³-hybridized carbons (Fsp3) is 0.684. The Morgan fingerprint density at radius 1 is 1.25 bits per heavy atom. The first-order valence-electron chi connectivity index (χ1n) is 8.17. The zero-order valence-corrected chi connectivity index (χ0v) is 13.9. The average Bonchev–Trinajstić information content (AvgIpc) is 2.40. The molecule has 1 N–H and O–H groups in total. The predicted octanol–water partition coefficient (Wildman–Crippen LogP) is 4.65. The van der Waals surface area contributed by atoms with Gasteiger partial charge < -0.3 is 5.32 Å². The molecule has 0 aliphatic heterocycles. The third-order valence-electron chi connectivity index (χ3n) is 5.39. The van der Waals surface area contributed by atoms with E-state index in [9.17, 15) is 0 Å². The molecule has 0 heterocycles. The van der Waals surface area contributed by atoms with Crippen molar-refractivity contribution in [3.63, 3.8) is 0 Å². The molecule has 2 rings (SSSR count). The minimum atomic E-state index is 0.476. The zero-order valence-electron chi connectivity index (χ0n) is 13.9. The van der Waals surface area contributed by atoms with Crippen molar-refractivity contribution in [2.75, 3.05) is 7.05 Å². The summed E-state index contributed by atoms with van der Waals surface area (Å²) < 4.78 is 0. The van der Waals surface area contributed by atoms with E-state index in [1.165, 1.54) is 42.4 Å². The van der Waals surface area contributed by atoms with E-state index in [0.717, 1.165) is 12.3 Å². The van der Waals surface area contributed by atoms with E-state index in [4.69, 9.17) is 0 Å². The largest absolute Gasteiger partial charge is 0.316 e. The van der Waals surface area contributed by atoms with Crippen LogP contribution in [0.25, 0.3) is 0 Å². The van der Waals surface area contributed by atoms with E-state index in [0.29, 0.717) is 11.5 Å². The number of likely N-dealkylation sites (N-methyl/N-ethyl adjacent to an activating group) is 1. The van der Waals surface area contributed by atoms with E-state index in [1.807, 2.05) is 0 Å². The van der Waals surface area contributed by atoms with E-state index in [-0.39, 0.29) is 0 Å². The smallest absolute Gasteiger partial charge is 0.0138 e. The molecule has 2 unspecified atom stereocenters. The number of hydrogen-bond donors (Lipinski definition) is 1. The normalized spacial score (nSPS) is 23.6. The maximum atomic E-state index is 3.62. The first-order valence-corrected chi connectivity index (χ1v) is 8.17. The summed E-state index contributed by atoms with van der Waals surface area (Å²) in [4.78, 5) is 0. The summed E-state index contributed by atoms with van der Waals surface area (Å²) in [6, 6.07) is 7.46. The Kier molecular flexibility index (Phi) is 4.90. The van der Waals surface area contributed by atoms with Crippen LogP contribution in [0.15, 0.2) is 18.2 Å². The highest BCUT2D eigenvalue weighted by molar-refractivity contribution is 5.31. The van der Waals surface area contributed by atoms with Crippen molar-refractivity contribution in [2.45, 2.75) is 65.8 Å². The highest BCUT2D eigenvalue weighted by Gasteiger charge is 2.36. The molecule has 112 valence electrons. The van der Waals surface area contributed by atoms with Gasteiger partial charge in [-0.3, -0.25) is 0 Å². The lowest BCUT2D eigenvalue weighted by Crippen LogP contribution is -2.44. The van der Waals surface area contributed by atoms with Crippen LogP contribution >= 0.6 is 0 Å². The van der Waals surface area contributed by atoms with Crippen LogP contribution < -0.4 is 5.32 Å². The van der Waals surface area contributed by atoms with Crippen molar-refractivity contribution in [3.8, 4) is 0 Å². The van der Waals surface area contributed by atoms with E-state index < -0.39 is 0 Å². The van der Waals surface area contributed by atoms with E-state index in [1.54, 1.807) is 0 Å². The van der Waals surface area contributed by atoms with Crippen molar-refractivity contribution in [1.29, 1.82) is 0 Å². The number of nitrogens with one attached hydrogen (secondary N) is 1. The molecular formula is C19H31N. The van der Waals surface area contributed by atoms with Gasteiger partial charge in [-0.1, -0.05) is 50.5 Å². The number of hydrogen-bond acceptors (Lipinski definition) is 1. The number of aryl methyl sites for hydroxylation is 2. The quantitative estimate of drug-likeness (QED) is 0.842. The summed E-state index contributed by atoms with van der Waals surface area (Å²) in [6.07, 6.45) is 6.73. The summed E-state index contributed by atoms with van der Waals surface area (Å²) in [5.41, 5.74) is 4.81. The summed E-state index contributed by atoms with van der Waals surface area (Å²) in [5.74, 6) is 0.793. The molecule has 20 heavy (non-hydrogen) atoms. The molecule has 0 radical (unpaired) electrons. The minimum Gasteiger partial charge on any atom is -0.316 e. The molecular weight excluding hydrogens is 242 g/mol. The first kappa shape index (κ1) is 15.6. The lowest BCUT2D eigenvalue weighted by molar-refractivity contribution is 0.101. The second-order valence-corrected chi connectivity index (χ2v) is 7.37. The molecule has 1 heteroatoms. The fourth-order valence-electron chi connectivity index (χ4n) is 3.97. The van der Waals surface area contributed by atoms with Crippen LogP contribution in [-0.2, 0) is 6.42 Å². The van der Waals surface area contributed by atoms with Crippen molar-refractivity contribution < 1.29 is 0 Å². The van der Waals surface area contributed by atoms with Crippen molar-refractivity contribution in [3.05, 3.63) is 34.9 Å². The van der Waals surface area contributed by atoms with Gasteiger partial charge in [-0.15, -0.1) is 0 Å². The fourth-order valence-corrected chi connectivity index (χ4v) is 3.97. The maximum Gasteiger partial charge on any atom is 0.0138 e. The van der Waals surface area contributed by atoms with Gasteiger partial charge in [-0.05, 0) is 62.6 Å². The highest BCUT2D eigenvalue weighted by Crippen LogP contribution is 2.43. The Balaban J connectivity index is 2.18. The van der Waals surface area contributed by atoms with Gasteiger partial charge in [-0.2, -0.15) is 0 Å². The lowest BCUT2D eigenvalue weighted by Gasteiger charge is -2.43. The van der Waals surface area contributed by atoms with Gasteiger partial charge in [0.05, 0.1) is 0 Å². The molecule has 1 aromatic rings. The molecule has 0 saturated heterocycles. The van der Waals surface area contributed by atoms with Crippen molar-refractivity contribution in [2.24, 2.45) is 11.3 Å². The van der Waals surface area contributed by atoms with Gasteiger partial charge >= 0.3 is 0 Å². The SMILES string of the molecule is CNC(Cc1cc(C)ccc1C)C1CCCCC1(C)C. The summed E-state index contributed by atoms with van der Waals surface area (Å²) >= 11 is 0. The molecule has 2 atom stereocenters. The van der Waals surface area contributed by atoms with Gasteiger partial charge in [0.15, 0.2) is 0 Å². The third kappa shape index (κ3) is 3.44. The van der Waals surface area contributed by atoms with Gasteiger partial charge in [-0.25, -0.2) is 0 Å². The van der Waals surface area contributed by atoms with Gasteiger partial charge in [0.2, 0.25) is 0 Å². The van der Waals surface area contributed by atoms with Crippen LogP contribution in [0.2, 0.25) is 0 Å². The maximum absolute atomic E-state index is 3.62. The number of rotatable bonds is 4. The van der Waals surface area contributed by atoms with Gasteiger partial charge in [0.1, 0.15) is 0 Å². The van der Waals surface area contributed by atoms with E-state index in [2.05, 4.69) is 58.3 Å². The molecule has 1 fully saturated rings. The van der Waals surface area contributed by atoms with Crippen LogP contribution in [0.5, 0.6) is 0 Å². The van der Waals surface area contributed by atoms with E-state index >= 15 is 0 Å². The molecule has 1 saturated carbocycles. The van der Waals surface area contributed by atoms with Crippen LogP contribution in [-0.4, -0.2) is 13.1 Å². The monoisotopic (exact) mass is 273 g/mol. The summed E-state index contributed by atoms with van der Waals surface area (Å²) in [7, 11) is 2.14. The standard InChI is InChI=1S/C19H31N/c1-14-9-10-15(2)16(12-14)13-18(20-5)17-8-6-7-11-19(17,3)4/h9-10,12,17-18,20H,6-8,11,13H2,1-5H3. The molecule has 0 spiro atoms. The summed E-state index contributed by atoms with van der Waals surface area (Å²) in [5, 5.41) is 3.62. The van der Waals surface area contributed by atoms with Crippen LogP contribution in [0.4, 0.5) is 0 Å². The highest BCUT2D eigenvalue weighted by atomic mass is 14.9. The van der Waals surface area contributed by atoms with Crippen LogP contribution in [0.3, 0.4) is 0 Å². The molecule has 0 amide bonds. The van der Waals surface area contributed by atoms with Gasteiger partial charge in [0.25, 0.3) is 0 Å². The Hall–Kier alpha value is -0.820. The second-order valence-electron chi connectivity index (χ2n) is 7.37. The molecule has 1 aliphatic rings. The summed E-state index contributed by atoms with van der Waals surface area (Å²) in [6.45, 7) is 9.36. The van der Waals surface area contributed by atoms with Crippen molar-refractivity contribution in [1.82, 2.24) is 5.32 Å². The lowest BCUT2D eigenvalue weighted by atomic mass is 9.65. The Morgan fingerprint density at radius 3 is 2.65 bits per heavy atom. The molecule has 0 aromatic heterocycles. The van der Waals surface area contributed by atoms with Gasteiger partial charge in [0, 0.05) is 6.04 Å². The topological polar surface area (TPSA) is 12.0 Å². The molecule has 1 nitrogen and oxygen atoms in total.